The molecule has 0 saturated carbocycles. The first-order valence-corrected chi connectivity index (χ1v) is 7.15. The summed E-state index contributed by atoms with van der Waals surface area (Å²) in [5.41, 5.74) is 2.22. The molecule has 3 heterocycles. The molecular formula is C12H15N3O2S. The smallest absolute Gasteiger partial charge is 0.273 e. The molecule has 2 amide bonds. The Balaban J connectivity index is 1.67. The zero-order valence-corrected chi connectivity index (χ0v) is 10.8. The number of thiazole rings is 1. The number of likely N-dealkylation sites (tertiary alicyclic amines) is 1. The summed E-state index contributed by atoms with van der Waals surface area (Å²) >= 11 is 1.44. The molecule has 1 N–H and O–H groups in total. The van der Waals surface area contributed by atoms with Crippen LogP contribution in [0.15, 0.2) is 10.9 Å². The monoisotopic (exact) mass is 265 g/mol. The molecule has 18 heavy (non-hydrogen) atoms. The standard InChI is InChI=1S/C12H15N3O2S/c16-11-2-1-8-5-15(4-3-9(8)14-11)12(17)10-6-18-7-13-10/h6-9H,1-5H2,(H,14,16). The Morgan fingerprint density at radius 2 is 2.39 bits per heavy atom. The van der Waals surface area contributed by atoms with Crippen LogP contribution in [0.25, 0.3) is 0 Å². The Morgan fingerprint density at radius 3 is 3.17 bits per heavy atom. The van der Waals surface area contributed by atoms with Gasteiger partial charge >= 0.3 is 0 Å². The molecule has 0 spiro atoms. The van der Waals surface area contributed by atoms with Gasteiger partial charge in [-0.1, -0.05) is 0 Å². The highest BCUT2D eigenvalue weighted by Gasteiger charge is 2.35. The van der Waals surface area contributed by atoms with E-state index in [1.807, 2.05) is 4.90 Å². The summed E-state index contributed by atoms with van der Waals surface area (Å²) in [6.07, 6.45) is 2.32. The number of rotatable bonds is 1. The number of fused-ring (bicyclic) bond motifs is 1. The largest absolute Gasteiger partial charge is 0.353 e. The minimum atomic E-state index is 0.0200. The Bertz CT molecular complexity index is 460. The number of hydrogen-bond donors (Lipinski definition) is 1. The van der Waals surface area contributed by atoms with Crippen LogP contribution >= 0.6 is 11.3 Å². The van der Waals surface area contributed by atoms with E-state index in [9.17, 15) is 9.59 Å². The highest BCUT2D eigenvalue weighted by molar-refractivity contribution is 7.07. The number of hydrogen-bond acceptors (Lipinski definition) is 4. The summed E-state index contributed by atoms with van der Waals surface area (Å²) in [4.78, 5) is 29.4. The molecule has 0 aliphatic carbocycles. The predicted octanol–water partition coefficient (Wildman–Crippen LogP) is 0.884. The molecule has 3 rings (SSSR count). The third kappa shape index (κ3) is 2.12. The summed E-state index contributed by atoms with van der Waals surface area (Å²) < 4.78 is 0. The maximum Gasteiger partial charge on any atom is 0.273 e. The second-order valence-electron chi connectivity index (χ2n) is 4.89. The number of amides is 2. The van der Waals surface area contributed by atoms with E-state index in [0.717, 1.165) is 19.4 Å². The van der Waals surface area contributed by atoms with E-state index in [2.05, 4.69) is 10.3 Å². The number of aromatic nitrogens is 1. The average Bonchev–Trinajstić information content (AvgIpc) is 2.91. The van der Waals surface area contributed by atoms with E-state index >= 15 is 0 Å². The van der Waals surface area contributed by atoms with Gasteiger partial charge in [0.1, 0.15) is 5.69 Å². The quantitative estimate of drug-likeness (QED) is 0.820. The third-order valence-electron chi connectivity index (χ3n) is 3.76. The van der Waals surface area contributed by atoms with Crippen LogP contribution in [0.4, 0.5) is 0 Å². The van der Waals surface area contributed by atoms with Gasteiger partial charge < -0.3 is 10.2 Å². The average molecular weight is 265 g/mol. The van der Waals surface area contributed by atoms with Crippen LogP contribution < -0.4 is 5.32 Å². The van der Waals surface area contributed by atoms with Crippen molar-refractivity contribution in [3.05, 3.63) is 16.6 Å². The van der Waals surface area contributed by atoms with Gasteiger partial charge in [-0.05, 0) is 18.8 Å². The van der Waals surface area contributed by atoms with Gasteiger partial charge in [0.2, 0.25) is 5.91 Å². The lowest BCUT2D eigenvalue weighted by molar-refractivity contribution is -0.125. The van der Waals surface area contributed by atoms with Crippen molar-refractivity contribution >= 4 is 23.2 Å². The zero-order valence-electron chi connectivity index (χ0n) is 9.96. The summed E-state index contributed by atoms with van der Waals surface area (Å²) in [5, 5.41) is 4.81. The summed E-state index contributed by atoms with van der Waals surface area (Å²) in [7, 11) is 0. The lowest BCUT2D eigenvalue weighted by Gasteiger charge is -2.41. The molecule has 5 nitrogen and oxygen atoms in total. The summed E-state index contributed by atoms with van der Waals surface area (Å²) in [5.74, 6) is 0.571. The molecule has 2 fully saturated rings. The summed E-state index contributed by atoms with van der Waals surface area (Å²) in [6, 6.07) is 0.255. The SMILES string of the molecule is O=C1CCC2CN(C(=O)c3cscn3)CCC2N1. The second-order valence-corrected chi connectivity index (χ2v) is 5.60. The fourth-order valence-corrected chi connectivity index (χ4v) is 3.30. The van der Waals surface area contributed by atoms with Gasteiger partial charge in [-0.3, -0.25) is 9.59 Å². The van der Waals surface area contributed by atoms with Crippen LogP contribution in [0, 0.1) is 5.92 Å². The normalized spacial score (nSPS) is 27.6. The Kier molecular flexibility index (Phi) is 3.03. The molecule has 2 unspecified atom stereocenters. The number of nitrogens with zero attached hydrogens (tertiary/aromatic N) is 2. The van der Waals surface area contributed by atoms with Crippen LogP contribution in [-0.4, -0.2) is 40.8 Å². The molecule has 2 atom stereocenters. The molecule has 0 bridgehead atoms. The van der Waals surface area contributed by atoms with E-state index in [4.69, 9.17) is 0 Å². The van der Waals surface area contributed by atoms with Crippen molar-refractivity contribution < 1.29 is 9.59 Å². The predicted molar refractivity (Wildman–Crippen MR) is 67.3 cm³/mol. The third-order valence-corrected chi connectivity index (χ3v) is 4.35. The van der Waals surface area contributed by atoms with Gasteiger partial charge in [-0.2, -0.15) is 0 Å². The Hall–Kier alpha value is -1.43. The fourth-order valence-electron chi connectivity index (χ4n) is 2.77. The molecule has 0 radical (unpaired) electrons. The zero-order chi connectivity index (χ0) is 12.5. The minimum Gasteiger partial charge on any atom is -0.353 e. The Morgan fingerprint density at radius 1 is 1.50 bits per heavy atom. The van der Waals surface area contributed by atoms with Crippen molar-refractivity contribution in [1.29, 1.82) is 0 Å². The van der Waals surface area contributed by atoms with Crippen molar-refractivity contribution in [2.45, 2.75) is 25.3 Å². The molecule has 0 aromatic carbocycles. The van der Waals surface area contributed by atoms with Crippen LogP contribution in [0.1, 0.15) is 29.8 Å². The van der Waals surface area contributed by atoms with Crippen LogP contribution in [-0.2, 0) is 4.79 Å². The first-order chi connectivity index (χ1) is 8.74. The molecule has 96 valence electrons. The van der Waals surface area contributed by atoms with E-state index in [1.54, 1.807) is 10.9 Å². The fraction of sp³-hybridized carbons (Fsp3) is 0.583. The topological polar surface area (TPSA) is 62.3 Å². The van der Waals surface area contributed by atoms with Gasteiger partial charge in [0.05, 0.1) is 5.51 Å². The van der Waals surface area contributed by atoms with Gasteiger partial charge in [-0.15, -0.1) is 11.3 Å². The lowest BCUT2D eigenvalue weighted by Crippen LogP contribution is -2.55. The molecular weight excluding hydrogens is 250 g/mol. The highest BCUT2D eigenvalue weighted by atomic mass is 32.1. The lowest BCUT2D eigenvalue weighted by atomic mass is 9.85. The molecule has 2 aliphatic heterocycles. The maximum atomic E-state index is 12.2. The molecule has 1 aromatic heterocycles. The second kappa shape index (κ2) is 4.68. The molecule has 6 heteroatoms. The minimum absolute atomic E-state index is 0.0200. The van der Waals surface area contributed by atoms with Gasteiger partial charge in [-0.25, -0.2) is 4.98 Å². The van der Waals surface area contributed by atoms with Crippen LogP contribution in [0.2, 0.25) is 0 Å². The van der Waals surface area contributed by atoms with Crippen molar-refractivity contribution in [3.63, 3.8) is 0 Å². The molecule has 2 aliphatic rings. The van der Waals surface area contributed by atoms with Crippen molar-refractivity contribution in [2.24, 2.45) is 5.92 Å². The highest BCUT2D eigenvalue weighted by Crippen LogP contribution is 2.26. The Labute approximate surface area is 109 Å². The van der Waals surface area contributed by atoms with Gasteiger partial charge in [0, 0.05) is 30.9 Å². The number of nitrogens with one attached hydrogen (secondary N) is 1. The van der Waals surface area contributed by atoms with E-state index in [-0.39, 0.29) is 17.9 Å². The molecule has 1 aromatic rings. The van der Waals surface area contributed by atoms with Gasteiger partial charge in [0.15, 0.2) is 0 Å². The molecule has 2 saturated heterocycles. The van der Waals surface area contributed by atoms with E-state index in [0.29, 0.717) is 24.6 Å². The number of piperidine rings is 2. The number of carbonyl (C=O) groups excluding carboxylic acids is 2. The maximum absolute atomic E-state index is 12.2. The van der Waals surface area contributed by atoms with Gasteiger partial charge in [0.25, 0.3) is 5.91 Å². The van der Waals surface area contributed by atoms with Crippen LogP contribution in [0.5, 0.6) is 0 Å². The first kappa shape index (κ1) is 11.6. The van der Waals surface area contributed by atoms with Crippen molar-refractivity contribution in [2.75, 3.05) is 13.1 Å². The van der Waals surface area contributed by atoms with Crippen LogP contribution in [0.3, 0.4) is 0 Å². The van der Waals surface area contributed by atoms with E-state index in [1.165, 1.54) is 11.3 Å². The van der Waals surface area contributed by atoms with Crippen molar-refractivity contribution in [1.82, 2.24) is 15.2 Å². The number of carbonyl (C=O) groups is 2. The van der Waals surface area contributed by atoms with E-state index < -0.39 is 0 Å². The van der Waals surface area contributed by atoms with Crippen molar-refractivity contribution in [3.8, 4) is 0 Å². The first-order valence-electron chi connectivity index (χ1n) is 6.21. The summed E-state index contributed by atoms with van der Waals surface area (Å²) in [6.45, 7) is 1.44.